The van der Waals surface area contributed by atoms with Crippen LogP contribution in [0.2, 0.25) is 0 Å². The molecule has 4 nitrogen and oxygen atoms in total. The van der Waals surface area contributed by atoms with Crippen molar-refractivity contribution in [3.05, 3.63) is 41.8 Å². The van der Waals surface area contributed by atoms with Crippen LogP contribution in [0.25, 0.3) is 0 Å². The van der Waals surface area contributed by atoms with Crippen LogP contribution >= 0.6 is 23.5 Å². The molecule has 0 saturated carbocycles. The van der Waals surface area contributed by atoms with Gasteiger partial charge >= 0.3 is 0 Å². The normalized spacial score (nSPS) is 21.8. The summed E-state index contributed by atoms with van der Waals surface area (Å²) in [6, 6.07) is 7.09. The second kappa shape index (κ2) is 6.81. The fraction of sp³-hybridized carbons (Fsp3) is 0.429. The van der Waals surface area contributed by atoms with Gasteiger partial charge in [0.05, 0.1) is 11.7 Å². The van der Waals surface area contributed by atoms with E-state index in [2.05, 4.69) is 15.5 Å². The van der Waals surface area contributed by atoms with Crippen molar-refractivity contribution in [1.82, 2.24) is 15.5 Å². The van der Waals surface area contributed by atoms with E-state index in [0.717, 1.165) is 11.5 Å². The fourth-order valence-electron chi connectivity index (χ4n) is 2.26. The summed E-state index contributed by atoms with van der Waals surface area (Å²) >= 11 is 3.27. The Hall–Kier alpha value is -1.05. The molecule has 2 atom stereocenters. The van der Waals surface area contributed by atoms with Gasteiger partial charge in [0.25, 0.3) is 0 Å². The number of rotatable bonds is 5. The Morgan fingerprint density at radius 2 is 2.29 bits per heavy atom. The monoisotopic (exact) mass is 325 g/mol. The quantitative estimate of drug-likeness (QED) is 0.853. The van der Waals surface area contributed by atoms with Gasteiger partial charge in [0, 0.05) is 22.4 Å². The minimum Gasteiger partial charge on any atom is -0.339 e. The number of hydrogen-bond donors (Lipinski definition) is 1. The van der Waals surface area contributed by atoms with Crippen molar-refractivity contribution in [3.63, 3.8) is 0 Å². The molecule has 112 valence electrons. The molecule has 21 heavy (non-hydrogen) atoms. The minimum atomic E-state index is -0.214. The molecule has 0 radical (unpaired) electrons. The van der Waals surface area contributed by atoms with E-state index in [1.54, 1.807) is 12.1 Å². The maximum Gasteiger partial charge on any atom is 0.232 e. The van der Waals surface area contributed by atoms with Gasteiger partial charge in [-0.15, -0.1) is 11.8 Å². The van der Waals surface area contributed by atoms with Gasteiger partial charge in [0.1, 0.15) is 5.82 Å². The van der Waals surface area contributed by atoms with Crippen LogP contribution in [-0.2, 0) is 5.75 Å². The van der Waals surface area contributed by atoms with Gasteiger partial charge in [-0.3, -0.25) is 0 Å². The van der Waals surface area contributed by atoms with Gasteiger partial charge in [-0.25, -0.2) is 4.39 Å². The third-order valence-electron chi connectivity index (χ3n) is 3.45. The molecular weight excluding hydrogens is 309 g/mol. The first-order chi connectivity index (χ1) is 10.3. The van der Waals surface area contributed by atoms with Crippen molar-refractivity contribution in [3.8, 4) is 0 Å². The molecule has 1 fully saturated rings. The van der Waals surface area contributed by atoms with Crippen LogP contribution < -0.4 is 5.32 Å². The van der Waals surface area contributed by atoms with Gasteiger partial charge in [0.15, 0.2) is 5.82 Å². The largest absolute Gasteiger partial charge is 0.339 e. The number of hydrogen-bond acceptors (Lipinski definition) is 6. The summed E-state index contributed by atoms with van der Waals surface area (Å²) < 4.78 is 18.9. The highest BCUT2D eigenvalue weighted by Crippen LogP contribution is 2.32. The van der Waals surface area contributed by atoms with Crippen molar-refractivity contribution in [2.24, 2.45) is 0 Å². The summed E-state index contributed by atoms with van der Waals surface area (Å²) in [5.74, 6) is 3.91. The van der Waals surface area contributed by atoms with Crippen LogP contribution in [0.4, 0.5) is 4.39 Å². The summed E-state index contributed by atoms with van der Waals surface area (Å²) in [4.78, 5) is 5.07. The number of nitrogens with zero attached hydrogens (tertiary/aromatic N) is 2. The van der Waals surface area contributed by atoms with Crippen LogP contribution in [-0.4, -0.2) is 34.7 Å². The standard InChI is InChI=1S/C14H16FN3OS2/c1-16-11-7-20-6-9(11)14-17-13(18-19-14)8-21-12-5-3-2-4-10(12)15/h2-5,9,11,16H,6-8H2,1H3. The van der Waals surface area contributed by atoms with Crippen molar-refractivity contribution in [2.45, 2.75) is 22.6 Å². The zero-order valence-corrected chi connectivity index (χ0v) is 13.2. The van der Waals surface area contributed by atoms with E-state index in [0.29, 0.717) is 28.4 Å². The zero-order chi connectivity index (χ0) is 14.7. The SMILES string of the molecule is CNC1CSCC1c1nc(CSc2ccccc2F)no1. The highest BCUT2D eigenvalue weighted by molar-refractivity contribution is 7.99. The first kappa shape index (κ1) is 14.9. The van der Waals surface area contributed by atoms with Crippen molar-refractivity contribution < 1.29 is 8.91 Å². The molecule has 1 aromatic carbocycles. The summed E-state index contributed by atoms with van der Waals surface area (Å²) in [5, 5.41) is 7.29. The number of likely N-dealkylation sites (N-methyl/N-ethyl adjacent to an activating group) is 1. The van der Waals surface area contributed by atoms with Crippen molar-refractivity contribution >= 4 is 23.5 Å². The molecule has 0 amide bonds. The molecule has 1 aliphatic heterocycles. The lowest BCUT2D eigenvalue weighted by Crippen LogP contribution is -2.31. The van der Waals surface area contributed by atoms with Crippen molar-refractivity contribution in [1.29, 1.82) is 0 Å². The van der Waals surface area contributed by atoms with E-state index >= 15 is 0 Å². The number of nitrogens with one attached hydrogen (secondary N) is 1. The minimum absolute atomic E-state index is 0.214. The molecular formula is C14H16FN3OS2. The van der Waals surface area contributed by atoms with E-state index in [9.17, 15) is 4.39 Å². The Morgan fingerprint density at radius 1 is 1.43 bits per heavy atom. The lowest BCUT2D eigenvalue weighted by Gasteiger charge is -2.13. The number of aromatic nitrogens is 2. The predicted molar refractivity (Wildman–Crippen MR) is 83.2 cm³/mol. The number of benzene rings is 1. The zero-order valence-electron chi connectivity index (χ0n) is 11.6. The molecule has 0 bridgehead atoms. The lowest BCUT2D eigenvalue weighted by atomic mass is 10.0. The van der Waals surface area contributed by atoms with Crippen LogP contribution in [0.5, 0.6) is 0 Å². The van der Waals surface area contributed by atoms with E-state index in [-0.39, 0.29) is 11.7 Å². The third kappa shape index (κ3) is 3.41. The molecule has 1 aromatic heterocycles. The number of halogens is 1. The average molecular weight is 325 g/mol. The Kier molecular flexibility index (Phi) is 4.82. The molecule has 0 aliphatic carbocycles. The van der Waals surface area contributed by atoms with Crippen molar-refractivity contribution in [2.75, 3.05) is 18.6 Å². The van der Waals surface area contributed by atoms with Gasteiger partial charge in [0.2, 0.25) is 5.89 Å². The van der Waals surface area contributed by atoms with Crippen LogP contribution in [0, 0.1) is 5.82 Å². The van der Waals surface area contributed by atoms with E-state index < -0.39 is 0 Å². The van der Waals surface area contributed by atoms with Gasteiger partial charge < -0.3 is 9.84 Å². The summed E-state index contributed by atoms with van der Waals surface area (Å²) in [7, 11) is 1.95. The molecule has 2 heterocycles. The van der Waals surface area contributed by atoms with Gasteiger partial charge in [-0.1, -0.05) is 17.3 Å². The van der Waals surface area contributed by atoms with E-state index in [1.165, 1.54) is 17.8 Å². The highest BCUT2D eigenvalue weighted by atomic mass is 32.2. The van der Waals surface area contributed by atoms with E-state index in [4.69, 9.17) is 4.52 Å². The van der Waals surface area contributed by atoms with E-state index in [1.807, 2.05) is 24.9 Å². The second-order valence-corrected chi connectivity index (χ2v) is 6.90. The maximum atomic E-state index is 13.5. The Bertz CT molecular complexity index is 607. The predicted octanol–water partition coefficient (Wildman–Crippen LogP) is 2.92. The fourth-order valence-corrected chi connectivity index (χ4v) is 4.46. The molecule has 3 rings (SSSR count). The Balaban J connectivity index is 1.64. The first-order valence-electron chi connectivity index (χ1n) is 6.72. The maximum absolute atomic E-state index is 13.5. The topological polar surface area (TPSA) is 51.0 Å². The Morgan fingerprint density at radius 3 is 3.10 bits per heavy atom. The molecule has 2 unspecified atom stereocenters. The van der Waals surface area contributed by atoms with Crippen LogP contribution in [0.15, 0.2) is 33.7 Å². The van der Waals surface area contributed by atoms with Crippen LogP contribution in [0.1, 0.15) is 17.6 Å². The molecule has 1 aliphatic rings. The number of thioether (sulfide) groups is 2. The molecule has 2 aromatic rings. The molecule has 0 spiro atoms. The summed E-state index contributed by atoms with van der Waals surface area (Å²) in [5.41, 5.74) is 0. The smallest absolute Gasteiger partial charge is 0.232 e. The first-order valence-corrected chi connectivity index (χ1v) is 8.87. The third-order valence-corrected chi connectivity index (χ3v) is 5.68. The second-order valence-electron chi connectivity index (χ2n) is 4.81. The molecule has 7 heteroatoms. The molecule has 1 N–H and O–H groups in total. The highest BCUT2D eigenvalue weighted by Gasteiger charge is 2.32. The molecule has 1 saturated heterocycles. The lowest BCUT2D eigenvalue weighted by molar-refractivity contribution is 0.341. The van der Waals surface area contributed by atoms with Crippen LogP contribution in [0.3, 0.4) is 0 Å². The Labute approximate surface area is 131 Å². The van der Waals surface area contributed by atoms with Gasteiger partial charge in [-0.2, -0.15) is 16.7 Å². The van der Waals surface area contributed by atoms with Gasteiger partial charge in [-0.05, 0) is 19.2 Å². The average Bonchev–Trinajstić information content (AvgIpc) is 3.14. The summed E-state index contributed by atoms with van der Waals surface area (Å²) in [6.07, 6.45) is 0. The summed E-state index contributed by atoms with van der Waals surface area (Å²) in [6.45, 7) is 0.